The minimum Gasteiger partial charge on any atom is -0.356 e. The van der Waals surface area contributed by atoms with Gasteiger partial charge < -0.3 is 20.5 Å². The van der Waals surface area contributed by atoms with Crippen LogP contribution >= 0.6 is 0 Å². The Hall–Kier alpha value is -2.45. The van der Waals surface area contributed by atoms with Crippen LogP contribution in [0.2, 0.25) is 0 Å². The molecular weight excluding hydrogens is 278 g/mol. The second-order valence-corrected chi connectivity index (χ2v) is 4.77. The van der Waals surface area contributed by atoms with Gasteiger partial charge in [0.25, 0.3) is 0 Å². The Morgan fingerprint density at radius 2 is 2.24 bits per heavy atom. The summed E-state index contributed by atoms with van der Waals surface area (Å²) < 4.78 is 5.03. The zero-order chi connectivity index (χ0) is 15.2. The molecule has 9 nitrogen and oxygen atoms in total. The van der Waals surface area contributed by atoms with E-state index < -0.39 is 0 Å². The number of piperidine rings is 1. The maximum Gasteiger partial charge on any atom is 0.246 e. The normalized spacial score (nSPS) is 18.0. The summed E-state index contributed by atoms with van der Waals surface area (Å²) in [5.41, 5.74) is 0. The molecule has 1 aromatic rings. The van der Waals surface area contributed by atoms with E-state index >= 15 is 0 Å². The molecular formula is C12H17N5O4. The number of aromatic nitrogens is 2. The Bertz CT molecular complexity index is 542. The lowest BCUT2D eigenvalue weighted by Gasteiger charge is -2.18. The zero-order valence-corrected chi connectivity index (χ0v) is 11.6. The molecule has 0 aliphatic carbocycles. The van der Waals surface area contributed by atoms with Gasteiger partial charge in [0.2, 0.25) is 23.6 Å². The molecule has 9 heteroatoms. The van der Waals surface area contributed by atoms with E-state index in [4.69, 9.17) is 4.52 Å². The monoisotopic (exact) mass is 295 g/mol. The fraction of sp³-hybridized carbons (Fsp3) is 0.583. The number of carbonyl (C=O) groups is 3. The summed E-state index contributed by atoms with van der Waals surface area (Å²) in [6, 6.07) is 0. The van der Waals surface area contributed by atoms with Gasteiger partial charge in [0.05, 0.1) is 13.1 Å². The first kappa shape index (κ1) is 14.9. The summed E-state index contributed by atoms with van der Waals surface area (Å²) in [6.45, 7) is 1.92. The Labute approximate surface area is 120 Å². The van der Waals surface area contributed by atoms with Crippen LogP contribution in [0.4, 0.5) is 0 Å². The number of hydrogen-bond donors (Lipinski definition) is 3. The Morgan fingerprint density at radius 3 is 2.95 bits per heavy atom. The average Bonchev–Trinajstić information content (AvgIpc) is 2.92. The van der Waals surface area contributed by atoms with E-state index in [2.05, 4.69) is 26.1 Å². The van der Waals surface area contributed by atoms with Crippen molar-refractivity contribution in [2.45, 2.75) is 32.2 Å². The number of hydrogen-bond acceptors (Lipinski definition) is 6. The maximum absolute atomic E-state index is 11.4. The number of carbonyl (C=O) groups excluding carboxylic acids is 3. The van der Waals surface area contributed by atoms with Crippen LogP contribution in [0.25, 0.3) is 0 Å². The van der Waals surface area contributed by atoms with E-state index in [1.165, 1.54) is 6.92 Å². The van der Waals surface area contributed by atoms with Crippen molar-refractivity contribution in [3.8, 4) is 0 Å². The Balaban J connectivity index is 1.81. The summed E-state index contributed by atoms with van der Waals surface area (Å²) >= 11 is 0. The smallest absolute Gasteiger partial charge is 0.246 e. The highest BCUT2D eigenvalue weighted by molar-refractivity contribution is 5.83. The van der Waals surface area contributed by atoms with Gasteiger partial charge in [-0.05, 0) is 6.42 Å². The van der Waals surface area contributed by atoms with Crippen LogP contribution in [0, 0.1) is 0 Å². The van der Waals surface area contributed by atoms with Crippen LogP contribution in [-0.2, 0) is 20.9 Å². The fourth-order valence-electron chi connectivity index (χ4n) is 1.95. The van der Waals surface area contributed by atoms with E-state index in [-0.39, 0.29) is 42.6 Å². The first-order valence-electron chi connectivity index (χ1n) is 6.65. The van der Waals surface area contributed by atoms with Crippen LogP contribution in [-0.4, -0.2) is 41.0 Å². The first-order valence-corrected chi connectivity index (χ1v) is 6.65. The topological polar surface area (TPSA) is 126 Å². The molecule has 1 aromatic heterocycles. The molecule has 1 fully saturated rings. The van der Waals surface area contributed by atoms with E-state index in [1.54, 1.807) is 0 Å². The molecule has 2 rings (SSSR count). The predicted molar refractivity (Wildman–Crippen MR) is 69.8 cm³/mol. The number of nitrogens with one attached hydrogen (secondary N) is 3. The number of amides is 3. The summed E-state index contributed by atoms with van der Waals surface area (Å²) in [7, 11) is 0. The molecule has 3 amide bonds. The standard InChI is InChI=1S/C12H17N5O4/c1-7(18)14-5-10(20)15-6-11-16-12(17-21-11)8-2-3-13-9(19)4-8/h8H,2-6H2,1H3,(H,13,19)(H,14,18)(H,15,20). The van der Waals surface area contributed by atoms with Crippen LogP contribution in [0.3, 0.4) is 0 Å². The molecule has 0 saturated carbocycles. The van der Waals surface area contributed by atoms with Gasteiger partial charge in [0, 0.05) is 25.8 Å². The lowest BCUT2D eigenvalue weighted by Crippen LogP contribution is -2.35. The second kappa shape index (κ2) is 6.82. The van der Waals surface area contributed by atoms with Crippen molar-refractivity contribution >= 4 is 17.7 Å². The summed E-state index contributed by atoms with van der Waals surface area (Å²) in [5.74, 6) is 0.0541. The van der Waals surface area contributed by atoms with Crippen molar-refractivity contribution in [2.75, 3.05) is 13.1 Å². The Morgan fingerprint density at radius 1 is 1.43 bits per heavy atom. The molecule has 1 atom stereocenters. The highest BCUT2D eigenvalue weighted by Crippen LogP contribution is 2.22. The quantitative estimate of drug-likeness (QED) is 0.627. The van der Waals surface area contributed by atoms with Gasteiger partial charge in [-0.25, -0.2) is 0 Å². The largest absolute Gasteiger partial charge is 0.356 e. The molecule has 0 spiro atoms. The number of nitrogens with zero attached hydrogens (tertiary/aromatic N) is 2. The minimum absolute atomic E-state index is 0.0267. The van der Waals surface area contributed by atoms with Gasteiger partial charge in [0.1, 0.15) is 0 Å². The van der Waals surface area contributed by atoms with Crippen LogP contribution in [0.15, 0.2) is 4.52 Å². The van der Waals surface area contributed by atoms with Gasteiger partial charge in [0.15, 0.2) is 5.82 Å². The van der Waals surface area contributed by atoms with E-state index in [0.717, 1.165) is 6.42 Å². The van der Waals surface area contributed by atoms with Gasteiger partial charge >= 0.3 is 0 Å². The Kier molecular flexibility index (Phi) is 4.85. The van der Waals surface area contributed by atoms with Crippen molar-refractivity contribution in [1.29, 1.82) is 0 Å². The lowest BCUT2D eigenvalue weighted by molar-refractivity contribution is -0.125. The first-order chi connectivity index (χ1) is 10.0. The molecule has 0 radical (unpaired) electrons. The molecule has 21 heavy (non-hydrogen) atoms. The van der Waals surface area contributed by atoms with Crippen molar-refractivity contribution in [3.63, 3.8) is 0 Å². The molecule has 1 unspecified atom stereocenters. The van der Waals surface area contributed by atoms with Crippen molar-refractivity contribution in [2.24, 2.45) is 0 Å². The molecule has 0 bridgehead atoms. The SMILES string of the molecule is CC(=O)NCC(=O)NCc1nc(C2CCNC(=O)C2)no1. The van der Waals surface area contributed by atoms with E-state index in [0.29, 0.717) is 18.8 Å². The van der Waals surface area contributed by atoms with Crippen LogP contribution in [0.1, 0.15) is 37.4 Å². The summed E-state index contributed by atoms with van der Waals surface area (Å²) in [5, 5.41) is 11.5. The minimum atomic E-state index is -0.345. The summed E-state index contributed by atoms with van der Waals surface area (Å²) in [6.07, 6.45) is 1.10. The third-order valence-corrected chi connectivity index (χ3v) is 3.03. The highest BCUT2D eigenvalue weighted by Gasteiger charge is 2.25. The van der Waals surface area contributed by atoms with Crippen molar-refractivity contribution in [3.05, 3.63) is 11.7 Å². The van der Waals surface area contributed by atoms with E-state index in [9.17, 15) is 14.4 Å². The molecule has 2 heterocycles. The third kappa shape index (κ3) is 4.55. The van der Waals surface area contributed by atoms with E-state index in [1.807, 2.05) is 0 Å². The van der Waals surface area contributed by atoms with Crippen LogP contribution in [0.5, 0.6) is 0 Å². The lowest BCUT2D eigenvalue weighted by atomic mass is 9.97. The zero-order valence-electron chi connectivity index (χ0n) is 11.6. The molecule has 114 valence electrons. The average molecular weight is 295 g/mol. The highest BCUT2D eigenvalue weighted by atomic mass is 16.5. The number of rotatable bonds is 5. The summed E-state index contributed by atoms with van der Waals surface area (Å²) in [4.78, 5) is 37.5. The molecule has 3 N–H and O–H groups in total. The van der Waals surface area contributed by atoms with Gasteiger partial charge in [-0.1, -0.05) is 5.16 Å². The van der Waals surface area contributed by atoms with Crippen molar-refractivity contribution in [1.82, 2.24) is 26.1 Å². The molecule has 1 saturated heterocycles. The van der Waals surface area contributed by atoms with Crippen molar-refractivity contribution < 1.29 is 18.9 Å². The molecule has 1 aliphatic rings. The molecule has 0 aromatic carbocycles. The second-order valence-electron chi connectivity index (χ2n) is 4.77. The van der Waals surface area contributed by atoms with Gasteiger partial charge in [-0.15, -0.1) is 0 Å². The molecule has 1 aliphatic heterocycles. The predicted octanol–water partition coefficient (Wildman–Crippen LogP) is -1.18. The fourth-order valence-corrected chi connectivity index (χ4v) is 1.95. The van der Waals surface area contributed by atoms with Gasteiger partial charge in [-0.2, -0.15) is 4.98 Å². The third-order valence-electron chi connectivity index (χ3n) is 3.03. The maximum atomic E-state index is 11.4. The van der Waals surface area contributed by atoms with Crippen LogP contribution < -0.4 is 16.0 Å². The van der Waals surface area contributed by atoms with Gasteiger partial charge in [-0.3, -0.25) is 14.4 Å².